The molecule has 14 heavy (non-hydrogen) atoms. The SMILES string of the molecule is CCOP(=O)([O-])[P+]([O-])(OCC)OCC. The predicted octanol–water partition coefficient (Wildman–Crippen LogP) is 0.687. The molecule has 0 saturated heterocycles. The molecule has 0 amide bonds. The summed E-state index contributed by atoms with van der Waals surface area (Å²) in [5.74, 6) is 0. The standard InChI is InChI=1S/C6H16O6P2/c1-4-10-13(7,8)14(9,11-5-2)12-6-3/h4-6H2,1-3H3,(H,7,8)/p-1. The fourth-order valence-electron chi connectivity index (χ4n) is 0.739. The molecule has 0 aliphatic heterocycles. The van der Waals surface area contributed by atoms with Gasteiger partial charge < -0.3 is 14.3 Å². The molecule has 86 valence electrons. The molecule has 0 bridgehead atoms. The first-order valence-corrected chi connectivity index (χ1v) is 8.07. The van der Waals surface area contributed by atoms with Crippen molar-refractivity contribution in [1.82, 2.24) is 0 Å². The molecule has 1 unspecified atom stereocenters. The van der Waals surface area contributed by atoms with Crippen molar-refractivity contribution < 1.29 is 27.9 Å². The Kier molecular flexibility index (Phi) is 6.33. The summed E-state index contributed by atoms with van der Waals surface area (Å²) in [5, 5.41) is 0. The average molecular weight is 245 g/mol. The van der Waals surface area contributed by atoms with Gasteiger partial charge in [-0.25, -0.2) is 9.05 Å². The molecule has 0 rings (SSSR count). The highest BCUT2D eigenvalue weighted by Crippen LogP contribution is 2.81. The quantitative estimate of drug-likeness (QED) is 0.612. The van der Waals surface area contributed by atoms with E-state index >= 15 is 0 Å². The summed E-state index contributed by atoms with van der Waals surface area (Å²) in [5.41, 5.74) is 0. The Balaban J connectivity index is 4.69. The van der Waals surface area contributed by atoms with Crippen molar-refractivity contribution >= 4 is 14.9 Å². The van der Waals surface area contributed by atoms with Crippen LogP contribution in [0.4, 0.5) is 0 Å². The Morgan fingerprint density at radius 3 is 1.86 bits per heavy atom. The fraction of sp³-hybridized carbons (Fsp3) is 1.00. The molecule has 0 saturated carbocycles. The summed E-state index contributed by atoms with van der Waals surface area (Å²) in [6.45, 7) is 4.40. The van der Waals surface area contributed by atoms with Gasteiger partial charge in [0.15, 0.2) is 0 Å². The van der Waals surface area contributed by atoms with Gasteiger partial charge in [-0.3, -0.25) is 4.57 Å². The van der Waals surface area contributed by atoms with E-state index in [0.29, 0.717) is 0 Å². The Labute approximate surface area is 84.2 Å². The van der Waals surface area contributed by atoms with Crippen LogP contribution in [0.15, 0.2) is 0 Å². The molecule has 0 fully saturated rings. The van der Waals surface area contributed by atoms with E-state index in [0.717, 1.165) is 0 Å². The highest BCUT2D eigenvalue weighted by atomic mass is 32.1. The normalized spacial score (nSPS) is 16.6. The number of hydrogen-bond donors (Lipinski definition) is 0. The molecule has 0 N–H and O–H groups in total. The van der Waals surface area contributed by atoms with Crippen LogP contribution in [0.5, 0.6) is 0 Å². The third kappa shape index (κ3) is 3.55. The lowest BCUT2D eigenvalue weighted by atomic mass is 10.9. The third-order valence-electron chi connectivity index (χ3n) is 1.18. The lowest BCUT2D eigenvalue weighted by Gasteiger charge is -2.35. The van der Waals surface area contributed by atoms with Crippen molar-refractivity contribution in [1.29, 1.82) is 0 Å². The van der Waals surface area contributed by atoms with Gasteiger partial charge in [0.05, 0.1) is 19.8 Å². The van der Waals surface area contributed by atoms with Crippen LogP contribution in [0.25, 0.3) is 0 Å². The minimum absolute atomic E-state index is 0.0173. The molecule has 6 nitrogen and oxygen atoms in total. The third-order valence-corrected chi connectivity index (χ3v) is 6.37. The molecule has 1 atom stereocenters. The Bertz CT molecular complexity index is 202. The first-order chi connectivity index (χ1) is 6.43. The maximum Gasteiger partial charge on any atom is 0.331 e. The van der Waals surface area contributed by atoms with Crippen molar-refractivity contribution in [3.63, 3.8) is 0 Å². The van der Waals surface area contributed by atoms with Crippen LogP contribution < -0.4 is 9.79 Å². The van der Waals surface area contributed by atoms with E-state index in [4.69, 9.17) is 0 Å². The minimum atomic E-state index is -4.59. The van der Waals surface area contributed by atoms with Gasteiger partial charge in [-0.1, -0.05) is 0 Å². The second-order valence-corrected chi connectivity index (χ2v) is 7.78. The highest BCUT2D eigenvalue weighted by Gasteiger charge is 2.44. The van der Waals surface area contributed by atoms with Crippen molar-refractivity contribution in [2.45, 2.75) is 20.8 Å². The monoisotopic (exact) mass is 245 g/mol. The molecule has 0 aromatic carbocycles. The molecular weight excluding hydrogens is 230 g/mol. The van der Waals surface area contributed by atoms with E-state index in [2.05, 4.69) is 13.6 Å². The van der Waals surface area contributed by atoms with Crippen LogP contribution in [0.2, 0.25) is 0 Å². The summed E-state index contributed by atoms with van der Waals surface area (Å²) >= 11 is 0. The lowest BCUT2D eigenvalue weighted by molar-refractivity contribution is -0.235. The molecule has 0 aliphatic carbocycles. The molecule has 8 heteroatoms. The maximum absolute atomic E-state index is 11.7. The summed E-state index contributed by atoms with van der Waals surface area (Å²) < 4.78 is 25.0. The largest absolute Gasteiger partial charge is 0.743 e. The van der Waals surface area contributed by atoms with E-state index in [-0.39, 0.29) is 19.8 Å². The zero-order chi connectivity index (χ0) is 11.2. The number of rotatable bonds is 7. The lowest BCUT2D eigenvalue weighted by Crippen LogP contribution is -2.22. The van der Waals surface area contributed by atoms with Crippen LogP contribution in [-0.2, 0) is 18.1 Å². The molecule has 0 aliphatic rings. The molecule has 0 aromatic heterocycles. The van der Waals surface area contributed by atoms with E-state index in [1.807, 2.05) is 0 Å². The van der Waals surface area contributed by atoms with E-state index in [1.54, 1.807) is 0 Å². The van der Waals surface area contributed by atoms with Crippen LogP contribution in [0, 0.1) is 0 Å². The van der Waals surface area contributed by atoms with Gasteiger partial charge >= 0.3 is 14.9 Å². The van der Waals surface area contributed by atoms with Crippen LogP contribution in [0.3, 0.4) is 0 Å². The molecular formula is C6H15O6P2-. The summed E-state index contributed by atoms with van der Waals surface area (Å²) in [7, 11) is -8.75. The molecule has 0 spiro atoms. The fourth-order valence-corrected chi connectivity index (χ4v) is 4.53. The Morgan fingerprint density at radius 1 is 1.14 bits per heavy atom. The Hall–Kier alpha value is 0.460. The zero-order valence-corrected chi connectivity index (χ0v) is 10.3. The van der Waals surface area contributed by atoms with E-state index in [1.165, 1.54) is 20.8 Å². The van der Waals surface area contributed by atoms with Crippen molar-refractivity contribution in [2.75, 3.05) is 19.8 Å². The summed E-state index contributed by atoms with van der Waals surface area (Å²) in [4.78, 5) is 23.0. The first kappa shape index (κ1) is 14.5. The van der Waals surface area contributed by atoms with Crippen LogP contribution in [0.1, 0.15) is 20.8 Å². The predicted molar refractivity (Wildman–Crippen MR) is 49.4 cm³/mol. The van der Waals surface area contributed by atoms with Gasteiger partial charge in [-0.05, 0) is 20.8 Å². The van der Waals surface area contributed by atoms with Crippen molar-refractivity contribution in [3.8, 4) is 0 Å². The summed E-state index contributed by atoms with van der Waals surface area (Å²) in [6.07, 6.45) is 0. The van der Waals surface area contributed by atoms with Crippen LogP contribution in [-0.4, -0.2) is 19.8 Å². The second-order valence-electron chi connectivity index (χ2n) is 2.19. The van der Waals surface area contributed by atoms with E-state index < -0.39 is 14.9 Å². The van der Waals surface area contributed by atoms with Crippen molar-refractivity contribution in [2.24, 2.45) is 0 Å². The molecule has 0 aromatic rings. The molecule has 0 radical (unpaired) electrons. The van der Waals surface area contributed by atoms with Gasteiger partial charge in [0.2, 0.25) is 0 Å². The summed E-state index contributed by atoms with van der Waals surface area (Å²) in [6, 6.07) is 0. The maximum atomic E-state index is 11.7. The Morgan fingerprint density at radius 2 is 1.57 bits per heavy atom. The van der Waals surface area contributed by atoms with Gasteiger partial charge in [0.25, 0.3) is 0 Å². The topological polar surface area (TPSA) is 90.9 Å². The van der Waals surface area contributed by atoms with Gasteiger partial charge in [0, 0.05) is 0 Å². The van der Waals surface area contributed by atoms with Gasteiger partial charge in [-0.2, -0.15) is 0 Å². The first-order valence-electron chi connectivity index (χ1n) is 4.28. The zero-order valence-electron chi connectivity index (χ0n) is 8.47. The smallest absolute Gasteiger partial charge is 0.331 e. The van der Waals surface area contributed by atoms with Gasteiger partial charge in [-0.15, -0.1) is 0 Å². The van der Waals surface area contributed by atoms with E-state index in [9.17, 15) is 14.4 Å². The number of hydrogen-bond acceptors (Lipinski definition) is 6. The average Bonchev–Trinajstić information content (AvgIpc) is 2.04. The van der Waals surface area contributed by atoms with Crippen molar-refractivity contribution in [3.05, 3.63) is 0 Å². The minimum Gasteiger partial charge on any atom is -0.743 e. The van der Waals surface area contributed by atoms with Gasteiger partial charge in [0.1, 0.15) is 0 Å². The highest BCUT2D eigenvalue weighted by molar-refractivity contribution is 8.29. The van der Waals surface area contributed by atoms with Crippen LogP contribution >= 0.6 is 14.9 Å². The second kappa shape index (κ2) is 6.13. The molecule has 0 heterocycles.